The van der Waals surface area contributed by atoms with Crippen molar-refractivity contribution in [1.82, 2.24) is 4.90 Å². The van der Waals surface area contributed by atoms with Crippen LogP contribution in [0.3, 0.4) is 0 Å². The van der Waals surface area contributed by atoms with Gasteiger partial charge in [-0.1, -0.05) is 44.2 Å². The zero-order valence-corrected chi connectivity index (χ0v) is 18.5. The molecular weight excluding hydrogens is 384 g/mol. The van der Waals surface area contributed by atoms with Crippen LogP contribution in [0, 0.1) is 0 Å². The Hall–Kier alpha value is -2.95. The quantitative estimate of drug-likeness (QED) is 0.284. The minimum atomic E-state index is 0.829. The number of hydrogen-bond donors (Lipinski definition) is 0. The number of nitrogens with zero attached hydrogens (tertiary/aromatic N) is 2. The molecule has 31 heavy (non-hydrogen) atoms. The molecule has 1 saturated heterocycles. The van der Waals surface area contributed by atoms with Gasteiger partial charge >= 0.3 is 0 Å². The molecule has 0 bridgehead atoms. The summed E-state index contributed by atoms with van der Waals surface area (Å²) < 4.78 is 14.1. The van der Waals surface area contributed by atoms with Crippen LogP contribution in [0.2, 0.25) is 0 Å². The first kappa shape index (κ1) is 20.0. The molecule has 0 amide bonds. The van der Waals surface area contributed by atoms with Crippen molar-refractivity contribution in [2.24, 2.45) is 7.05 Å². The number of hydrogen-bond acceptors (Lipinski definition) is 3. The van der Waals surface area contributed by atoms with E-state index in [-0.39, 0.29) is 0 Å². The maximum atomic E-state index is 6.25. The molecule has 6 rings (SSSR count). The van der Waals surface area contributed by atoms with Crippen molar-refractivity contribution in [2.75, 3.05) is 26.3 Å². The highest BCUT2D eigenvalue weighted by Crippen LogP contribution is 2.46. The van der Waals surface area contributed by atoms with E-state index in [4.69, 9.17) is 9.47 Å². The van der Waals surface area contributed by atoms with Crippen LogP contribution in [0.5, 0.6) is 11.5 Å². The predicted molar refractivity (Wildman–Crippen MR) is 126 cm³/mol. The van der Waals surface area contributed by atoms with E-state index in [1.54, 1.807) is 0 Å². The van der Waals surface area contributed by atoms with Crippen molar-refractivity contribution >= 4 is 21.7 Å². The monoisotopic (exact) mass is 413 g/mol. The van der Waals surface area contributed by atoms with Gasteiger partial charge in [-0.3, -0.25) is 4.90 Å². The third-order valence-electron chi connectivity index (χ3n) is 6.18. The molecule has 0 aliphatic carbocycles. The molecule has 1 aromatic heterocycles. The average molecular weight is 414 g/mol. The molecule has 0 saturated carbocycles. The van der Waals surface area contributed by atoms with E-state index in [0.717, 1.165) is 49.9 Å². The van der Waals surface area contributed by atoms with E-state index < -0.39 is 0 Å². The summed E-state index contributed by atoms with van der Waals surface area (Å²) in [5, 5.41) is 3.71. The summed E-state index contributed by atoms with van der Waals surface area (Å²) in [5.41, 5.74) is 4.98. The Balaban J connectivity index is 0.000000994. The number of benzene rings is 3. The van der Waals surface area contributed by atoms with Crippen LogP contribution < -0.4 is 9.30 Å². The molecule has 4 aromatic rings. The van der Waals surface area contributed by atoms with Crippen molar-refractivity contribution in [3.05, 3.63) is 66.2 Å². The van der Waals surface area contributed by atoms with Crippen LogP contribution in [-0.2, 0) is 18.3 Å². The molecule has 0 N–H and O–H groups in total. The smallest absolute Gasteiger partial charge is 0.228 e. The van der Waals surface area contributed by atoms with Gasteiger partial charge in [0.05, 0.1) is 29.5 Å². The van der Waals surface area contributed by atoms with Crippen molar-refractivity contribution in [1.29, 1.82) is 0 Å². The van der Waals surface area contributed by atoms with Crippen molar-refractivity contribution in [2.45, 2.75) is 20.4 Å². The third-order valence-corrected chi connectivity index (χ3v) is 6.18. The Morgan fingerprint density at radius 3 is 2.48 bits per heavy atom. The van der Waals surface area contributed by atoms with Crippen LogP contribution >= 0.6 is 0 Å². The van der Waals surface area contributed by atoms with E-state index in [1.807, 2.05) is 19.9 Å². The Bertz CT molecular complexity index is 1260. The van der Waals surface area contributed by atoms with Gasteiger partial charge < -0.3 is 9.47 Å². The molecule has 0 unspecified atom stereocenters. The zero-order chi connectivity index (χ0) is 21.4. The lowest BCUT2D eigenvalue weighted by Gasteiger charge is -2.26. The van der Waals surface area contributed by atoms with Crippen molar-refractivity contribution < 1.29 is 14.0 Å². The molecule has 2 aliphatic heterocycles. The van der Waals surface area contributed by atoms with Gasteiger partial charge in [-0.15, -0.1) is 0 Å². The molecule has 0 spiro atoms. The summed E-state index contributed by atoms with van der Waals surface area (Å²) in [6, 6.07) is 21.6. The summed E-state index contributed by atoms with van der Waals surface area (Å²) in [6.07, 6.45) is 0. The van der Waals surface area contributed by atoms with Crippen molar-refractivity contribution in [3.8, 4) is 22.8 Å². The second kappa shape index (κ2) is 8.29. The Kier molecular flexibility index (Phi) is 5.34. The van der Waals surface area contributed by atoms with Gasteiger partial charge in [0.25, 0.3) is 0 Å². The Morgan fingerprint density at radius 1 is 0.871 bits per heavy atom. The molecule has 3 aromatic carbocycles. The Labute approximate surface area is 183 Å². The number of aromatic nitrogens is 1. The minimum Gasteiger partial charge on any atom is -0.456 e. The van der Waals surface area contributed by atoms with Crippen LogP contribution in [0.1, 0.15) is 19.4 Å². The second-order valence-electron chi connectivity index (χ2n) is 7.92. The van der Waals surface area contributed by atoms with Crippen LogP contribution in [0.4, 0.5) is 0 Å². The molecule has 1 fully saturated rings. The lowest BCUT2D eigenvalue weighted by atomic mass is 9.95. The number of para-hydroxylation sites is 1. The maximum absolute atomic E-state index is 6.25. The van der Waals surface area contributed by atoms with E-state index in [1.165, 1.54) is 32.9 Å². The number of rotatable bonds is 2. The fourth-order valence-corrected chi connectivity index (χ4v) is 4.76. The molecule has 4 nitrogen and oxygen atoms in total. The number of aryl methyl sites for hydroxylation is 1. The second-order valence-corrected chi connectivity index (χ2v) is 7.92. The van der Waals surface area contributed by atoms with Gasteiger partial charge in [-0.2, -0.15) is 4.57 Å². The van der Waals surface area contributed by atoms with Crippen molar-refractivity contribution in [3.63, 3.8) is 0 Å². The Morgan fingerprint density at radius 2 is 1.65 bits per heavy atom. The highest BCUT2D eigenvalue weighted by Gasteiger charge is 2.29. The molecule has 4 heteroatoms. The number of fused-ring (bicyclic) bond motifs is 4. The third kappa shape index (κ3) is 3.36. The summed E-state index contributed by atoms with van der Waals surface area (Å²) >= 11 is 0. The first-order chi connectivity index (χ1) is 15.3. The standard InChI is InChI=1S/C25H23N2O2.C2H6/c1-26-21-15-17(16-27-11-13-28-14-12-27)9-10-18(21)19-6-4-8-23-24(19)25(26)20-5-2-3-7-22(20)29-23;1-2/h2-10,15H,11-14,16H2,1H3;1-2H3/q+1;. The highest BCUT2D eigenvalue weighted by molar-refractivity contribution is 6.12. The molecule has 0 radical (unpaired) electrons. The minimum absolute atomic E-state index is 0.829. The lowest BCUT2D eigenvalue weighted by molar-refractivity contribution is -0.632. The average Bonchev–Trinajstić information content (AvgIpc) is 2.83. The first-order valence-corrected chi connectivity index (χ1v) is 11.2. The molecule has 3 heterocycles. The van der Waals surface area contributed by atoms with Gasteiger partial charge in [-0.05, 0) is 29.8 Å². The lowest BCUT2D eigenvalue weighted by Crippen LogP contribution is -2.36. The van der Waals surface area contributed by atoms with Gasteiger partial charge in [0.2, 0.25) is 11.2 Å². The number of pyridine rings is 1. The maximum Gasteiger partial charge on any atom is 0.228 e. The van der Waals surface area contributed by atoms with Crippen LogP contribution in [0.15, 0.2) is 60.7 Å². The van der Waals surface area contributed by atoms with E-state index in [0.29, 0.717) is 0 Å². The molecule has 0 atom stereocenters. The summed E-state index contributed by atoms with van der Waals surface area (Å²) in [4.78, 5) is 2.47. The first-order valence-electron chi connectivity index (χ1n) is 11.2. The fraction of sp³-hybridized carbons (Fsp3) is 0.296. The molecular formula is C27H29N2O2+. The van der Waals surface area contributed by atoms with Crippen LogP contribution in [-0.4, -0.2) is 31.2 Å². The predicted octanol–water partition coefficient (Wildman–Crippen LogP) is 5.45. The van der Waals surface area contributed by atoms with Gasteiger partial charge in [-0.25, -0.2) is 0 Å². The number of morpholine rings is 1. The molecule has 158 valence electrons. The normalized spacial score (nSPS) is 15.2. The van der Waals surface area contributed by atoms with Gasteiger partial charge in [0.1, 0.15) is 18.5 Å². The van der Waals surface area contributed by atoms with E-state index >= 15 is 0 Å². The van der Waals surface area contributed by atoms with Crippen LogP contribution in [0.25, 0.3) is 32.9 Å². The fourth-order valence-electron chi connectivity index (χ4n) is 4.76. The topological polar surface area (TPSA) is 25.6 Å². The number of ether oxygens (including phenoxy) is 2. The highest BCUT2D eigenvalue weighted by atomic mass is 16.5. The van der Waals surface area contributed by atoms with E-state index in [9.17, 15) is 0 Å². The summed E-state index contributed by atoms with van der Waals surface area (Å²) in [5.74, 6) is 1.86. The molecule has 2 aliphatic rings. The van der Waals surface area contributed by atoms with Gasteiger partial charge in [0.15, 0.2) is 0 Å². The van der Waals surface area contributed by atoms with E-state index in [2.05, 4.69) is 71.1 Å². The van der Waals surface area contributed by atoms with Gasteiger partial charge in [0, 0.05) is 31.1 Å². The summed E-state index contributed by atoms with van der Waals surface area (Å²) in [7, 11) is 2.18. The largest absolute Gasteiger partial charge is 0.456 e. The SMILES string of the molecule is CC.C[n+]1c2c3c(cccc3c3ccc(CN4CCOCC4)cc31)Oc1ccccc1-2. The zero-order valence-electron chi connectivity index (χ0n) is 18.5. The summed E-state index contributed by atoms with van der Waals surface area (Å²) in [6.45, 7) is 8.63.